The SMILES string of the molecule is NC(=O)C(N)NC(=O)C(N=C(N)N)NC(=O)C(N=C(N)N)NC(=O)C(N=C(N)N)NC(=O)C(N=C(N)N)NC(=O)C(NC(=O)C(O)NCc1ccc([N+](=O)[O-])cc1[N+](=O)[O-])c1ccccc1. The summed E-state index contributed by atoms with van der Waals surface area (Å²) < 4.78 is 0. The number of carbonyl (C=O) groups is 7. The Morgan fingerprint density at radius 2 is 0.970 bits per heavy atom. The van der Waals surface area contributed by atoms with Crippen LogP contribution in [-0.2, 0) is 40.1 Å². The van der Waals surface area contributed by atoms with E-state index in [1.807, 2.05) is 21.3 Å². The lowest BCUT2D eigenvalue weighted by Gasteiger charge is -2.24. The van der Waals surface area contributed by atoms with Crippen molar-refractivity contribution in [2.24, 2.45) is 77.3 Å². The summed E-state index contributed by atoms with van der Waals surface area (Å²) in [4.78, 5) is 126. The van der Waals surface area contributed by atoms with Crippen molar-refractivity contribution in [3.8, 4) is 0 Å². The number of carbonyl (C=O) groups excluding carboxylic acids is 7. The molecule has 7 atom stereocenters. The van der Waals surface area contributed by atoms with E-state index in [4.69, 9.17) is 57.3 Å². The maximum Gasteiger partial charge on any atom is 0.280 e. The van der Waals surface area contributed by atoms with E-state index in [1.165, 1.54) is 30.3 Å². The van der Waals surface area contributed by atoms with Gasteiger partial charge >= 0.3 is 0 Å². The Kier molecular flexibility index (Phi) is 19.3. The van der Waals surface area contributed by atoms with Crippen molar-refractivity contribution in [3.63, 3.8) is 0 Å². The van der Waals surface area contributed by atoms with Crippen molar-refractivity contribution >= 4 is 76.6 Å². The van der Waals surface area contributed by atoms with Gasteiger partial charge in [-0.2, -0.15) is 0 Å². The van der Waals surface area contributed by atoms with Gasteiger partial charge in [0, 0.05) is 18.2 Å². The number of amides is 7. The summed E-state index contributed by atoms with van der Waals surface area (Å²) in [7, 11) is 0. The molecule has 35 heteroatoms. The Morgan fingerprint density at radius 1 is 0.561 bits per heavy atom. The summed E-state index contributed by atoms with van der Waals surface area (Å²) in [6, 6.07) is 7.95. The number of aliphatic imine (C=N–C) groups is 4. The molecule has 0 aromatic heterocycles. The third-order valence-electron chi connectivity index (χ3n) is 7.72. The van der Waals surface area contributed by atoms with Crippen molar-refractivity contribution in [1.29, 1.82) is 0 Å². The highest BCUT2D eigenvalue weighted by Crippen LogP contribution is 2.24. The van der Waals surface area contributed by atoms with Gasteiger partial charge in [-0.3, -0.25) is 59.1 Å². The lowest BCUT2D eigenvalue weighted by atomic mass is 10.1. The molecule has 0 bridgehead atoms. The van der Waals surface area contributed by atoms with Crippen LogP contribution in [0.25, 0.3) is 0 Å². The molecular weight excluding hydrogens is 886 g/mol. The highest BCUT2D eigenvalue weighted by atomic mass is 16.6. The molecule has 35 nitrogen and oxygen atoms in total. The van der Waals surface area contributed by atoms with Gasteiger partial charge in [0.05, 0.1) is 15.9 Å². The second kappa shape index (κ2) is 24.2. The number of nitro groups is 2. The number of rotatable bonds is 23. The Balaban J connectivity index is 2.39. The number of nitrogens with one attached hydrogen (secondary N) is 7. The zero-order valence-electron chi connectivity index (χ0n) is 33.8. The Hall–Kier alpha value is -9.51. The maximum absolute atomic E-state index is 13.8. The van der Waals surface area contributed by atoms with E-state index in [0.29, 0.717) is 6.07 Å². The van der Waals surface area contributed by atoms with Crippen LogP contribution in [0.3, 0.4) is 0 Å². The first kappa shape index (κ1) is 52.6. The monoisotopic (exact) mass is 931 g/mol. The summed E-state index contributed by atoms with van der Waals surface area (Å²) in [6.07, 6.45) is -12.7. The minimum Gasteiger partial charge on any atom is -0.370 e. The van der Waals surface area contributed by atoms with E-state index in [1.54, 1.807) is 0 Å². The molecule has 0 spiro atoms. The Morgan fingerprint density at radius 3 is 1.35 bits per heavy atom. The summed E-state index contributed by atoms with van der Waals surface area (Å²) >= 11 is 0. The number of nitrogens with zero attached hydrogens (tertiary/aromatic N) is 6. The lowest BCUT2D eigenvalue weighted by Crippen LogP contribution is -2.60. The smallest absolute Gasteiger partial charge is 0.280 e. The summed E-state index contributed by atoms with van der Waals surface area (Å²) in [5, 5.41) is 47.7. The van der Waals surface area contributed by atoms with Gasteiger partial charge in [-0.15, -0.1) is 0 Å². The van der Waals surface area contributed by atoms with E-state index in [9.17, 15) is 58.9 Å². The van der Waals surface area contributed by atoms with Gasteiger partial charge in [0.1, 0.15) is 6.04 Å². The fourth-order valence-electron chi connectivity index (χ4n) is 4.84. The fraction of sp³-hybridized carbons (Fsp3) is 0.258. The van der Waals surface area contributed by atoms with Gasteiger partial charge in [-0.1, -0.05) is 30.3 Å². The summed E-state index contributed by atoms with van der Waals surface area (Å²) in [6.45, 7) is -0.580. The van der Waals surface area contributed by atoms with Crippen molar-refractivity contribution in [1.82, 2.24) is 37.2 Å². The van der Waals surface area contributed by atoms with Crippen LogP contribution in [0.15, 0.2) is 68.5 Å². The third kappa shape index (κ3) is 16.7. The molecule has 2 rings (SSSR count). The van der Waals surface area contributed by atoms with E-state index in [0.717, 1.165) is 12.1 Å². The first-order valence-electron chi connectivity index (χ1n) is 17.9. The molecule has 66 heavy (non-hydrogen) atoms. The van der Waals surface area contributed by atoms with Crippen molar-refractivity contribution in [2.75, 3.05) is 0 Å². The third-order valence-corrected chi connectivity index (χ3v) is 7.72. The van der Waals surface area contributed by atoms with Gasteiger partial charge in [-0.05, 0) is 11.6 Å². The van der Waals surface area contributed by atoms with E-state index < -0.39 is 136 Å². The molecule has 7 amide bonds. The molecule has 28 N–H and O–H groups in total. The van der Waals surface area contributed by atoms with Crippen molar-refractivity contribution in [2.45, 2.75) is 49.6 Å². The maximum atomic E-state index is 13.8. The first-order valence-corrected chi connectivity index (χ1v) is 17.9. The van der Waals surface area contributed by atoms with E-state index >= 15 is 0 Å². The van der Waals surface area contributed by atoms with Crippen LogP contribution in [0.4, 0.5) is 11.4 Å². The predicted octanol–water partition coefficient (Wildman–Crippen LogP) is -10.5. The van der Waals surface area contributed by atoms with Crippen LogP contribution in [0, 0.1) is 20.2 Å². The van der Waals surface area contributed by atoms with Gasteiger partial charge in [0.15, 0.2) is 36.2 Å². The Labute approximate surface area is 368 Å². The van der Waals surface area contributed by atoms with Crippen LogP contribution in [0.5, 0.6) is 0 Å². The average Bonchev–Trinajstić information content (AvgIpc) is 3.22. The Bertz CT molecular complexity index is 2290. The number of aliphatic hydroxyl groups is 1. The fourth-order valence-corrected chi connectivity index (χ4v) is 4.84. The topological polar surface area (TPSA) is 620 Å². The molecule has 7 unspecified atom stereocenters. The highest BCUT2D eigenvalue weighted by molar-refractivity contribution is 5.99. The van der Waals surface area contributed by atoms with Gasteiger partial charge < -0.3 is 94.3 Å². The van der Waals surface area contributed by atoms with Gasteiger partial charge in [-0.25, -0.2) is 20.0 Å². The van der Waals surface area contributed by atoms with Crippen LogP contribution in [0.2, 0.25) is 0 Å². The number of nitro benzene ring substituents is 2. The number of non-ortho nitro benzene ring substituents is 1. The molecule has 0 fully saturated rings. The van der Waals surface area contributed by atoms with E-state index in [2.05, 4.69) is 35.9 Å². The molecule has 2 aromatic carbocycles. The van der Waals surface area contributed by atoms with Gasteiger partial charge in [0.2, 0.25) is 30.6 Å². The number of nitrogens with two attached hydrogens (primary N) is 10. The molecule has 0 radical (unpaired) electrons. The standard InChI is InChI=1S/C31H45N23O12/c32-15(16(33)55)44-22(57)17(49-28(34)35)46-24(59)19(51-30(38)39)48-25(60)20(52-31(40)41)47-23(58)18(50-29(36)37)45-21(56)14(10-4-2-1-3-5-10)43-27(62)26(61)42-9-11-6-7-12(53(63)64)8-13(11)54(65)66/h1-8,14-15,17-20,26,42,61H,9,32H2,(H2,33,55)(H,43,62)(H,44,57)(H,45,56)(H,46,59)(H,47,58)(H,48,60)(H4,34,35,49)(H4,36,37,50)(H4,38,39,51)(H4,40,41,52). The number of hydrogen-bond donors (Lipinski definition) is 18. The molecule has 356 valence electrons. The molecule has 0 saturated heterocycles. The minimum atomic E-state index is -2.25. The summed E-state index contributed by atoms with van der Waals surface area (Å²) in [5.74, 6) is -12.8. The number of primary amides is 1. The quantitative estimate of drug-likeness (QED) is 0.0162. The average molecular weight is 932 g/mol. The molecule has 0 aliphatic carbocycles. The molecule has 0 aliphatic rings. The summed E-state index contributed by atoms with van der Waals surface area (Å²) in [5.41, 5.74) is 52.3. The normalized spacial score (nSPS) is 13.6. The van der Waals surface area contributed by atoms with Crippen LogP contribution in [-0.4, -0.2) is 117 Å². The van der Waals surface area contributed by atoms with Crippen LogP contribution < -0.4 is 94.6 Å². The molecule has 0 heterocycles. The minimum absolute atomic E-state index is 0.0301. The molecule has 2 aromatic rings. The number of benzene rings is 2. The van der Waals surface area contributed by atoms with E-state index in [-0.39, 0.29) is 11.1 Å². The number of aliphatic hydroxyl groups excluding tert-OH is 1. The second-order valence-electron chi connectivity index (χ2n) is 12.7. The zero-order valence-corrected chi connectivity index (χ0v) is 33.8. The molecular formula is C31H45N23O12. The number of hydrogen-bond acceptors (Lipinski definition) is 18. The second-order valence-corrected chi connectivity index (χ2v) is 12.7. The van der Waals surface area contributed by atoms with Crippen LogP contribution >= 0.6 is 0 Å². The van der Waals surface area contributed by atoms with Crippen LogP contribution in [0.1, 0.15) is 17.2 Å². The van der Waals surface area contributed by atoms with Crippen molar-refractivity contribution in [3.05, 3.63) is 79.9 Å². The molecule has 0 aliphatic heterocycles. The highest BCUT2D eigenvalue weighted by Gasteiger charge is 2.34. The van der Waals surface area contributed by atoms with Crippen molar-refractivity contribution < 1.29 is 48.5 Å². The zero-order chi connectivity index (χ0) is 50.0. The number of guanidine groups is 4. The van der Waals surface area contributed by atoms with Gasteiger partial charge in [0.25, 0.3) is 46.8 Å². The molecule has 0 saturated carbocycles. The first-order chi connectivity index (χ1) is 30.8. The lowest BCUT2D eigenvalue weighted by molar-refractivity contribution is -0.394. The largest absolute Gasteiger partial charge is 0.370 e. The predicted molar refractivity (Wildman–Crippen MR) is 226 cm³/mol.